The van der Waals surface area contributed by atoms with Crippen molar-refractivity contribution in [1.29, 1.82) is 0 Å². The van der Waals surface area contributed by atoms with E-state index in [1.165, 1.54) is 7.05 Å². The van der Waals surface area contributed by atoms with Gasteiger partial charge in [-0.25, -0.2) is 13.1 Å². The molecular weight excluding hydrogens is 264 g/mol. The zero-order chi connectivity index (χ0) is 13.9. The van der Waals surface area contributed by atoms with E-state index in [1.807, 2.05) is 0 Å². The summed E-state index contributed by atoms with van der Waals surface area (Å²) in [6.07, 6.45) is 1.04. The van der Waals surface area contributed by atoms with Crippen LogP contribution in [-0.4, -0.2) is 34.7 Å². The fourth-order valence-corrected chi connectivity index (χ4v) is 3.02. The number of para-hydroxylation sites is 1. The first-order valence-corrected chi connectivity index (χ1v) is 7.93. The van der Waals surface area contributed by atoms with E-state index < -0.39 is 10.0 Å². The van der Waals surface area contributed by atoms with Crippen molar-refractivity contribution in [2.45, 2.75) is 24.3 Å². The Balaban J connectivity index is 2.25. The van der Waals surface area contributed by atoms with Crippen LogP contribution in [0.2, 0.25) is 0 Å². The Morgan fingerprint density at radius 3 is 2.79 bits per heavy atom. The van der Waals surface area contributed by atoms with Crippen LogP contribution in [0.25, 0.3) is 0 Å². The summed E-state index contributed by atoms with van der Waals surface area (Å²) in [6, 6.07) is 6.73. The standard InChI is InChI=1S/C13H20N2O3S/c1-10-7-8-15-9-12(10)18-11-5-3-4-6-13(11)19(16,17)14-2/h3-6,10,12,14-15H,7-9H2,1-2H3. The highest BCUT2D eigenvalue weighted by Gasteiger charge is 2.25. The molecule has 0 amide bonds. The number of benzene rings is 1. The zero-order valence-corrected chi connectivity index (χ0v) is 12.0. The van der Waals surface area contributed by atoms with Gasteiger partial charge in [0, 0.05) is 6.54 Å². The molecule has 5 nitrogen and oxygen atoms in total. The van der Waals surface area contributed by atoms with Crippen molar-refractivity contribution in [2.75, 3.05) is 20.1 Å². The molecule has 2 unspecified atom stereocenters. The molecule has 1 aromatic rings. The third-order valence-electron chi connectivity index (χ3n) is 3.44. The van der Waals surface area contributed by atoms with Gasteiger partial charge in [0.25, 0.3) is 0 Å². The molecule has 1 aliphatic rings. The van der Waals surface area contributed by atoms with E-state index in [0.29, 0.717) is 11.7 Å². The molecule has 2 rings (SSSR count). The Kier molecular flexibility index (Phi) is 4.44. The fraction of sp³-hybridized carbons (Fsp3) is 0.538. The molecule has 0 aromatic heterocycles. The van der Waals surface area contributed by atoms with Crippen molar-refractivity contribution >= 4 is 10.0 Å². The third-order valence-corrected chi connectivity index (χ3v) is 4.90. The Bertz CT molecular complexity index is 530. The van der Waals surface area contributed by atoms with E-state index in [1.54, 1.807) is 24.3 Å². The van der Waals surface area contributed by atoms with Crippen molar-refractivity contribution < 1.29 is 13.2 Å². The SMILES string of the molecule is CNS(=O)(=O)c1ccccc1OC1CNCCC1C. The topological polar surface area (TPSA) is 67.4 Å². The molecule has 2 N–H and O–H groups in total. The minimum atomic E-state index is -3.49. The highest BCUT2D eigenvalue weighted by Crippen LogP contribution is 2.26. The van der Waals surface area contributed by atoms with Gasteiger partial charge >= 0.3 is 0 Å². The molecule has 1 fully saturated rings. The summed E-state index contributed by atoms with van der Waals surface area (Å²) in [6.45, 7) is 3.85. The van der Waals surface area contributed by atoms with Crippen molar-refractivity contribution in [3.05, 3.63) is 24.3 Å². The van der Waals surface area contributed by atoms with Gasteiger partial charge in [-0.15, -0.1) is 0 Å². The maximum Gasteiger partial charge on any atom is 0.243 e. The minimum Gasteiger partial charge on any atom is -0.487 e. The second-order valence-corrected chi connectivity index (χ2v) is 6.64. The van der Waals surface area contributed by atoms with Crippen LogP contribution in [0.1, 0.15) is 13.3 Å². The second kappa shape index (κ2) is 5.90. The quantitative estimate of drug-likeness (QED) is 0.864. The Labute approximate surface area is 114 Å². The number of nitrogens with one attached hydrogen (secondary N) is 2. The van der Waals surface area contributed by atoms with Gasteiger partial charge < -0.3 is 10.1 Å². The Morgan fingerprint density at radius 2 is 2.11 bits per heavy atom. The number of ether oxygens (including phenoxy) is 1. The van der Waals surface area contributed by atoms with E-state index in [-0.39, 0.29) is 11.0 Å². The molecule has 2 atom stereocenters. The van der Waals surface area contributed by atoms with Gasteiger partial charge in [0.05, 0.1) is 0 Å². The van der Waals surface area contributed by atoms with Crippen molar-refractivity contribution in [3.63, 3.8) is 0 Å². The lowest BCUT2D eigenvalue weighted by atomic mass is 9.97. The fourth-order valence-electron chi connectivity index (χ4n) is 2.16. The molecule has 0 aliphatic carbocycles. The molecule has 1 aliphatic heterocycles. The summed E-state index contributed by atoms with van der Waals surface area (Å²) >= 11 is 0. The summed E-state index contributed by atoms with van der Waals surface area (Å²) in [5, 5.41) is 3.27. The summed E-state index contributed by atoms with van der Waals surface area (Å²) in [4.78, 5) is 0.190. The molecule has 19 heavy (non-hydrogen) atoms. The first-order chi connectivity index (χ1) is 9.04. The predicted octanol–water partition coefficient (Wildman–Crippen LogP) is 0.971. The van der Waals surface area contributed by atoms with Crippen LogP contribution in [0, 0.1) is 5.92 Å². The average Bonchev–Trinajstić information content (AvgIpc) is 2.42. The molecule has 1 aromatic carbocycles. The normalized spacial score (nSPS) is 24.1. The van der Waals surface area contributed by atoms with Crippen LogP contribution in [0.4, 0.5) is 0 Å². The van der Waals surface area contributed by atoms with Gasteiger partial charge in [0.15, 0.2) is 0 Å². The van der Waals surface area contributed by atoms with Gasteiger partial charge in [0.1, 0.15) is 16.7 Å². The maximum atomic E-state index is 11.9. The average molecular weight is 284 g/mol. The van der Waals surface area contributed by atoms with E-state index in [9.17, 15) is 8.42 Å². The lowest BCUT2D eigenvalue weighted by Crippen LogP contribution is -2.43. The lowest BCUT2D eigenvalue weighted by Gasteiger charge is -2.30. The van der Waals surface area contributed by atoms with E-state index in [4.69, 9.17) is 4.74 Å². The van der Waals surface area contributed by atoms with E-state index in [2.05, 4.69) is 17.0 Å². The van der Waals surface area contributed by atoms with Crippen LogP contribution in [0.3, 0.4) is 0 Å². The molecule has 6 heteroatoms. The van der Waals surface area contributed by atoms with E-state index >= 15 is 0 Å². The molecule has 0 radical (unpaired) electrons. The number of piperidine rings is 1. The summed E-state index contributed by atoms with van der Waals surface area (Å²) < 4.78 is 32.1. The van der Waals surface area contributed by atoms with Crippen molar-refractivity contribution in [2.24, 2.45) is 5.92 Å². The number of rotatable bonds is 4. The summed E-state index contributed by atoms with van der Waals surface area (Å²) in [5.41, 5.74) is 0. The Hall–Kier alpha value is -1.11. The van der Waals surface area contributed by atoms with Gasteiger partial charge in [-0.05, 0) is 38.1 Å². The monoisotopic (exact) mass is 284 g/mol. The van der Waals surface area contributed by atoms with E-state index in [0.717, 1.165) is 19.5 Å². The molecular formula is C13H20N2O3S. The molecule has 0 bridgehead atoms. The van der Waals surface area contributed by atoms with Crippen molar-refractivity contribution in [3.8, 4) is 5.75 Å². The third kappa shape index (κ3) is 3.26. The summed E-state index contributed by atoms with van der Waals surface area (Å²) in [7, 11) is -2.09. The summed E-state index contributed by atoms with van der Waals surface area (Å²) in [5.74, 6) is 0.823. The molecule has 0 saturated carbocycles. The van der Waals surface area contributed by atoms with Gasteiger partial charge in [-0.1, -0.05) is 19.1 Å². The number of hydrogen-bond donors (Lipinski definition) is 2. The van der Waals surface area contributed by atoms with Crippen LogP contribution >= 0.6 is 0 Å². The van der Waals surface area contributed by atoms with Crippen LogP contribution in [0.5, 0.6) is 5.75 Å². The van der Waals surface area contributed by atoms with Crippen LogP contribution in [-0.2, 0) is 10.0 Å². The van der Waals surface area contributed by atoms with Crippen LogP contribution < -0.4 is 14.8 Å². The molecule has 106 valence electrons. The first-order valence-electron chi connectivity index (χ1n) is 6.44. The van der Waals surface area contributed by atoms with Crippen molar-refractivity contribution in [1.82, 2.24) is 10.0 Å². The maximum absolute atomic E-state index is 11.9. The largest absolute Gasteiger partial charge is 0.487 e. The first kappa shape index (κ1) is 14.3. The highest BCUT2D eigenvalue weighted by molar-refractivity contribution is 7.89. The zero-order valence-electron chi connectivity index (χ0n) is 11.2. The highest BCUT2D eigenvalue weighted by atomic mass is 32.2. The molecule has 1 saturated heterocycles. The Morgan fingerprint density at radius 1 is 1.37 bits per heavy atom. The second-order valence-electron chi connectivity index (χ2n) is 4.78. The number of hydrogen-bond acceptors (Lipinski definition) is 4. The van der Waals surface area contributed by atoms with Gasteiger partial charge in [-0.3, -0.25) is 0 Å². The molecule has 1 heterocycles. The smallest absolute Gasteiger partial charge is 0.243 e. The number of sulfonamides is 1. The predicted molar refractivity (Wildman–Crippen MR) is 73.8 cm³/mol. The lowest BCUT2D eigenvalue weighted by molar-refractivity contribution is 0.111. The van der Waals surface area contributed by atoms with Gasteiger partial charge in [-0.2, -0.15) is 0 Å². The van der Waals surface area contributed by atoms with Gasteiger partial charge in [0.2, 0.25) is 10.0 Å². The minimum absolute atomic E-state index is 0.00181. The van der Waals surface area contributed by atoms with Crippen LogP contribution in [0.15, 0.2) is 29.2 Å². The molecule has 0 spiro atoms.